The Morgan fingerprint density at radius 1 is 0.643 bits per heavy atom. The smallest absolute Gasteiger partial charge is 0.0500 e. The van der Waals surface area contributed by atoms with Crippen LogP contribution in [0.3, 0.4) is 0 Å². The quantitative estimate of drug-likeness (QED) is 0.574. The third-order valence-electron chi connectivity index (χ3n) is 2.07. The van der Waals surface area contributed by atoms with Crippen LogP contribution in [0.4, 0.5) is 0 Å². The maximum absolute atomic E-state index is 6.13. The Morgan fingerprint density at radius 3 is 1.14 bits per heavy atom. The maximum Gasteiger partial charge on any atom is 0.0500 e. The van der Waals surface area contributed by atoms with Crippen LogP contribution in [0.25, 0.3) is 0 Å². The van der Waals surface area contributed by atoms with E-state index in [1.165, 1.54) is 0 Å². The first-order valence-corrected chi connectivity index (χ1v) is 6.74. The Hall–Kier alpha value is 1.16. The van der Waals surface area contributed by atoms with E-state index < -0.39 is 0 Å². The predicted octanol–water partition coefficient (Wildman–Crippen LogP) is 5.02. The van der Waals surface area contributed by atoms with Crippen LogP contribution in [0.5, 0.6) is 0 Å². The standard InChI is InChI=1S/C10H18Cl4/c1-7(11)3-5-9(13)10(14)6-4-8(2)12/h7-10H,3-6H2,1-2H3. The zero-order valence-corrected chi connectivity index (χ0v) is 11.7. The van der Waals surface area contributed by atoms with Crippen molar-refractivity contribution in [2.75, 3.05) is 0 Å². The number of hydrogen-bond donors (Lipinski definition) is 0. The zero-order valence-electron chi connectivity index (χ0n) is 8.65. The van der Waals surface area contributed by atoms with Gasteiger partial charge < -0.3 is 0 Å². The summed E-state index contributed by atoms with van der Waals surface area (Å²) < 4.78 is 0. The molecule has 0 amide bonds. The lowest BCUT2D eigenvalue weighted by molar-refractivity contribution is 0.602. The second-order valence-corrected chi connectivity index (χ2v) is 6.36. The summed E-state index contributed by atoms with van der Waals surface area (Å²) in [5.74, 6) is 0. The average molecular weight is 280 g/mol. The van der Waals surface area contributed by atoms with Crippen LogP contribution in [0.2, 0.25) is 0 Å². The lowest BCUT2D eigenvalue weighted by Gasteiger charge is -2.17. The molecule has 4 heteroatoms. The Bertz CT molecular complexity index is 120. The molecule has 4 unspecified atom stereocenters. The van der Waals surface area contributed by atoms with Gasteiger partial charge >= 0.3 is 0 Å². The van der Waals surface area contributed by atoms with Gasteiger partial charge in [-0.3, -0.25) is 0 Å². The molecule has 0 saturated carbocycles. The van der Waals surface area contributed by atoms with E-state index in [4.69, 9.17) is 46.4 Å². The van der Waals surface area contributed by atoms with Gasteiger partial charge in [-0.1, -0.05) is 0 Å². The third-order valence-corrected chi connectivity index (χ3v) is 3.68. The fourth-order valence-corrected chi connectivity index (χ4v) is 1.90. The molecule has 4 atom stereocenters. The van der Waals surface area contributed by atoms with Gasteiger partial charge in [0, 0.05) is 21.5 Å². The molecule has 0 spiro atoms. The summed E-state index contributed by atoms with van der Waals surface area (Å²) >= 11 is 23.9. The molecule has 0 rings (SSSR count). The second kappa shape index (κ2) is 8.33. The Labute approximate surface area is 107 Å². The molecule has 0 aliphatic heterocycles. The molecule has 14 heavy (non-hydrogen) atoms. The molecule has 0 radical (unpaired) electrons. The SMILES string of the molecule is CC(Cl)CCC(Cl)C(Cl)CCC(C)Cl. The van der Waals surface area contributed by atoms with Crippen LogP contribution in [-0.4, -0.2) is 21.5 Å². The molecular formula is C10H18Cl4. The second-order valence-electron chi connectivity index (χ2n) is 3.75. The highest BCUT2D eigenvalue weighted by Crippen LogP contribution is 2.23. The summed E-state index contributed by atoms with van der Waals surface area (Å²) in [6.45, 7) is 3.93. The van der Waals surface area contributed by atoms with Crippen LogP contribution in [0.15, 0.2) is 0 Å². The van der Waals surface area contributed by atoms with Crippen LogP contribution in [0, 0.1) is 0 Å². The largest absolute Gasteiger partial charge is 0.123 e. The molecule has 0 N–H and O–H groups in total. The third kappa shape index (κ3) is 8.47. The number of alkyl halides is 4. The topological polar surface area (TPSA) is 0 Å². The fraction of sp³-hybridized carbons (Fsp3) is 1.00. The van der Waals surface area contributed by atoms with E-state index in [1.807, 2.05) is 13.8 Å². The van der Waals surface area contributed by atoms with E-state index in [0.29, 0.717) is 0 Å². The van der Waals surface area contributed by atoms with Gasteiger partial charge in [0.05, 0.1) is 0 Å². The Kier molecular flexibility index (Phi) is 9.02. The minimum atomic E-state index is 0.00767. The van der Waals surface area contributed by atoms with E-state index in [1.54, 1.807) is 0 Å². The van der Waals surface area contributed by atoms with E-state index in [0.717, 1.165) is 25.7 Å². The van der Waals surface area contributed by atoms with Crippen molar-refractivity contribution in [2.45, 2.75) is 61.0 Å². The van der Waals surface area contributed by atoms with E-state index in [9.17, 15) is 0 Å². The van der Waals surface area contributed by atoms with Crippen molar-refractivity contribution in [1.82, 2.24) is 0 Å². The summed E-state index contributed by atoms with van der Waals surface area (Å²) in [4.78, 5) is 0. The predicted molar refractivity (Wildman–Crippen MR) is 68.4 cm³/mol. The molecule has 0 nitrogen and oxygen atoms in total. The van der Waals surface area contributed by atoms with Crippen molar-refractivity contribution >= 4 is 46.4 Å². The van der Waals surface area contributed by atoms with Crippen molar-refractivity contribution in [3.63, 3.8) is 0 Å². The van der Waals surface area contributed by atoms with Gasteiger partial charge in [0.2, 0.25) is 0 Å². The molecule has 86 valence electrons. The number of rotatable bonds is 7. The zero-order chi connectivity index (χ0) is 11.1. The van der Waals surface area contributed by atoms with E-state index in [-0.39, 0.29) is 21.5 Å². The minimum absolute atomic E-state index is 0.00767. The van der Waals surface area contributed by atoms with Gasteiger partial charge in [-0.05, 0) is 39.5 Å². The first-order valence-electron chi connectivity index (χ1n) is 4.99. The first kappa shape index (κ1) is 15.2. The van der Waals surface area contributed by atoms with Gasteiger partial charge in [-0.2, -0.15) is 0 Å². The molecule has 0 aliphatic rings. The summed E-state index contributed by atoms with van der Waals surface area (Å²) in [5, 5.41) is 0.362. The highest BCUT2D eigenvalue weighted by Gasteiger charge is 2.17. The van der Waals surface area contributed by atoms with E-state index >= 15 is 0 Å². The van der Waals surface area contributed by atoms with Gasteiger partial charge in [0.15, 0.2) is 0 Å². The average Bonchev–Trinajstić information content (AvgIpc) is 2.09. The van der Waals surface area contributed by atoms with Crippen LogP contribution in [-0.2, 0) is 0 Å². The fourth-order valence-electron chi connectivity index (χ4n) is 1.14. The van der Waals surface area contributed by atoms with Crippen molar-refractivity contribution < 1.29 is 0 Å². The molecule has 0 saturated heterocycles. The van der Waals surface area contributed by atoms with Crippen LogP contribution in [0.1, 0.15) is 39.5 Å². The molecule has 0 aromatic heterocycles. The highest BCUT2D eigenvalue weighted by atomic mass is 35.5. The van der Waals surface area contributed by atoms with Crippen LogP contribution >= 0.6 is 46.4 Å². The Morgan fingerprint density at radius 2 is 0.929 bits per heavy atom. The summed E-state index contributed by atoms with van der Waals surface area (Å²) in [5.41, 5.74) is 0. The summed E-state index contributed by atoms with van der Waals surface area (Å²) in [7, 11) is 0. The van der Waals surface area contributed by atoms with Gasteiger partial charge in [0.1, 0.15) is 0 Å². The first-order chi connectivity index (χ1) is 6.43. The van der Waals surface area contributed by atoms with E-state index in [2.05, 4.69) is 0 Å². The minimum Gasteiger partial charge on any atom is -0.123 e. The molecule has 0 bridgehead atoms. The van der Waals surface area contributed by atoms with Crippen molar-refractivity contribution in [3.8, 4) is 0 Å². The summed E-state index contributed by atoms with van der Waals surface area (Å²) in [6.07, 6.45) is 3.57. The van der Waals surface area contributed by atoms with Crippen LogP contribution < -0.4 is 0 Å². The van der Waals surface area contributed by atoms with Crippen molar-refractivity contribution in [3.05, 3.63) is 0 Å². The van der Waals surface area contributed by atoms with Crippen molar-refractivity contribution in [2.24, 2.45) is 0 Å². The van der Waals surface area contributed by atoms with Gasteiger partial charge in [0.25, 0.3) is 0 Å². The van der Waals surface area contributed by atoms with Gasteiger partial charge in [-0.15, -0.1) is 46.4 Å². The maximum atomic E-state index is 6.13. The molecule has 0 fully saturated rings. The molecule has 0 aromatic carbocycles. The lowest BCUT2D eigenvalue weighted by atomic mass is 10.1. The monoisotopic (exact) mass is 278 g/mol. The molecule has 0 aliphatic carbocycles. The normalized spacial score (nSPS) is 20.1. The highest BCUT2D eigenvalue weighted by molar-refractivity contribution is 6.30. The molecule has 0 aromatic rings. The molecule has 0 heterocycles. The number of hydrogen-bond acceptors (Lipinski definition) is 0. The summed E-state index contributed by atoms with van der Waals surface area (Å²) in [6, 6.07) is 0. The Balaban J connectivity index is 3.59. The number of halogens is 4. The molecular weight excluding hydrogens is 262 g/mol. The van der Waals surface area contributed by atoms with Gasteiger partial charge in [-0.25, -0.2) is 0 Å². The van der Waals surface area contributed by atoms with Crippen molar-refractivity contribution in [1.29, 1.82) is 0 Å². The lowest BCUT2D eigenvalue weighted by Crippen LogP contribution is -2.17.